The van der Waals surface area contributed by atoms with Crippen LogP contribution in [-0.4, -0.2) is 34.3 Å². The molecule has 0 atom stereocenters. The average Bonchev–Trinajstić information content (AvgIpc) is 2.88. The van der Waals surface area contributed by atoms with E-state index < -0.39 is 0 Å². The van der Waals surface area contributed by atoms with Crippen LogP contribution in [0.1, 0.15) is 37.4 Å². The van der Waals surface area contributed by atoms with Gasteiger partial charge in [0.05, 0.1) is 18.4 Å². The van der Waals surface area contributed by atoms with E-state index in [4.69, 9.17) is 4.74 Å². The number of rotatable bonds is 8. The van der Waals surface area contributed by atoms with Crippen LogP contribution in [0.4, 0.5) is 5.82 Å². The molecule has 0 radical (unpaired) electrons. The molecule has 0 aliphatic heterocycles. The van der Waals surface area contributed by atoms with Gasteiger partial charge in [-0.1, -0.05) is 19.9 Å². The highest BCUT2D eigenvalue weighted by Crippen LogP contribution is 2.26. The van der Waals surface area contributed by atoms with Crippen molar-refractivity contribution in [1.29, 1.82) is 0 Å². The summed E-state index contributed by atoms with van der Waals surface area (Å²) >= 11 is 0. The number of carbonyl (C=O) groups is 1. The number of aryl methyl sites for hydroxylation is 1. The van der Waals surface area contributed by atoms with Gasteiger partial charge in [0.1, 0.15) is 5.82 Å². The van der Waals surface area contributed by atoms with Crippen molar-refractivity contribution in [2.24, 2.45) is 7.05 Å². The van der Waals surface area contributed by atoms with E-state index in [1.807, 2.05) is 19.2 Å². The van der Waals surface area contributed by atoms with Crippen LogP contribution in [0, 0.1) is 0 Å². The Morgan fingerprint density at radius 3 is 2.79 bits per heavy atom. The van der Waals surface area contributed by atoms with Crippen molar-refractivity contribution in [3.05, 3.63) is 35.7 Å². The topological polar surface area (TPSA) is 81.1 Å². The Morgan fingerprint density at radius 2 is 2.17 bits per heavy atom. The average molecular weight is 331 g/mol. The Labute approximate surface area is 142 Å². The van der Waals surface area contributed by atoms with E-state index >= 15 is 0 Å². The first-order valence-corrected chi connectivity index (χ1v) is 8.04. The zero-order valence-corrected chi connectivity index (χ0v) is 14.7. The van der Waals surface area contributed by atoms with Crippen molar-refractivity contribution < 1.29 is 9.53 Å². The lowest BCUT2D eigenvalue weighted by Gasteiger charge is -2.09. The maximum Gasteiger partial charge on any atom is 0.226 e. The molecule has 0 bridgehead atoms. The van der Waals surface area contributed by atoms with Crippen molar-refractivity contribution >= 4 is 11.7 Å². The van der Waals surface area contributed by atoms with Gasteiger partial charge in [-0.2, -0.15) is 5.10 Å². The van der Waals surface area contributed by atoms with Crippen LogP contribution in [0.15, 0.2) is 24.4 Å². The van der Waals surface area contributed by atoms with Gasteiger partial charge in [-0.25, -0.2) is 9.67 Å². The largest absolute Gasteiger partial charge is 0.481 e. The summed E-state index contributed by atoms with van der Waals surface area (Å²) < 4.78 is 7.19. The van der Waals surface area contributed by atoms with E-state index in [0.29, 0.717) is 31.2 Å². The van der Waals surface area contributed by atoms with Gasteiger partial charge >= 0.3 is 0 Å². The first kappa shape index (κ1) is 17.9. The van der Waals surface area contributed by atoms with Crippen molar-refractivity contribution in [2.45, 2.75) is 32.7 Å². The Balaban J connectivity index is 1.85. The summed E-state index contributed by atoms with van der Waals surface area (Å²) in [7, 11) is 3.51. The molecule has 0 aromatic carbocycles. The summed E-state index contributed by atoms with van der Waals surface area (Å²) in [4.78, 5) is 16.0. The van der Waals surface area contributed by atoms with Crippen LogP contribution in [0.3, 0.4) is 0 Å². The Hall–Kier alpha value is -2.41. The van der Waals surface area contributed by atoms with Gasteiger partial charge in [0.15, 0.2) is 0 Å². The van der Waals surface area contributed by atoms with Crippen LogP contribution in [0.2, 0.25) is 0 Å². The normalized spacial score (nSPS) is 10.9. The van der Waals surface area contributed by atoms with Crippen molar-refractivity contribution in [3.8, 4) is 5.88 Å². The van der Waals surface area contributed by atoms with Crippen LogP contribution in [0.5, 0.6) is 5.88 Å². The molecule has 0 aliphatic rings. The first-order chi connectivity index (χ1) is 11.5. The zero-order chi connectivity index (χ0) is 17.5. The van der Waals surface area contributed by atoms with Gasteiger partial charge in [0.25, 0.3) is 0 Å². The smallest absolute Gasteiger partial charge is 0.226 e. The number of nitrogens with one attached hydrogen (secondary N) is 2. The summed E-state index contributed by atoms with van der Waals surface area (Å²) in [5.74, 6) is 1.57. The molecular weight excluding hydrogens is 306 g/mol. The van der Waals surface area contributed by atoms with Crippen molar-refractivity contribution in [1.82, 2.24) is 20.1 Å². The van der Waals surface area contributed by atoms with Gasteiger partial charge in [0, 0.05) is 32.8 Å². The molecule has 0 saturated carbocycles. The maximum absolute atomic E-state index is 11.9. The van der Waals surface area contributed by atoms with Crippen LogP contribution in [-0.2, 0) is 18.4 Å². The number of hydrogen-bond acceptors (Lipinski definition) is 5. The number of methoxy groups -OCH3 is 1. The second kappa shape index (κ2) is 8.44. The predicted molar refractivity (Wildman–Crippen MR) is 93.0 cm³/mol. The quantitative estimate of drug-likeness (QED) is 0.724. The third-order valence-electron chi connectivity index (χ3n) is 3.62. The lowest BCUT2D eigenvalue weighted by Crippen LogP contribution is -2.22. The molecule has 7 nitrogen and oxygen atoms in total. The third kappa shape index (κ3) is 4.55. The summed E-state index contributed by atoms with van der Waals surface area (Å²) in [5, 5.41) is 10.6. The highest BCUT2D eigenvalue weighted by Gasteiger charge is 2.18. The number of anilines is 1. The molecule has 2 rings (SSSR count). The van der Waals surface area contributed by atoms with Gasteiger partial charge in [0.2, 0.25) is 11.8 Å². The molecule has 130 valence electrons. The first-order valence-electron chi connectivity index (χ1n) is 8.04. The molecule has 2 aromatic heterocycles. The SMILES string of the molecule is COc1c(CNCCC(=O)Nc2ccccn2)c(C(C)C)nn1C. The molecule has 0 fully saturated rings. The van der Waals surface area contributed by atoms with E-state index in [0.717, 1.165) is 17.1 Å². The van der Waals surface area contributed by atoms with Gasteiger partial charge in [-0.15, -0.1) is 0 Å². The number of nitrogens with zero attached hydrogens (tertiary/aromatic N) is 3. The molecule has 2 aromatic rings. The number of hydrogen-bond donors (Lipinski definition) is 2. The number of ether oxygens (including phenoxy) is 1. The number of aromatic nitrogens is 3. The van der Waals surface area contributed by atoms with Crippen LogP contribution < -0.4 is 15.4 Å². The minimum atomic E-state index is -0.0663. The monoisotopic (exact) mass is 331 g/mol. The van der Waals surface area contributed by atoms with Gasteiger partial charge in [-0.05, 0) is 18.1 Å². The molecule has 0 aliphatic carbocycles. The summed E-state index contributed by atoms with van der Waals surface area (Å²) in [6, 6.07) is 5.41. The maximum atomic E-state index is 11.9. The fraction of sp³-hybridized carbons (Fsp3) is 0.471. The number of amides is 1. The standard InChI is InChI=1S/C17H25N5O2/c1-12(2)16-13(17(24-4)22(3)21-16)11-18-10-8-15(23)20-14-7-5-6-9-19-14/h5-7,9,12,18H,8,10-11H2,1-4H3,(H,19,20,23). The molecule has 7 heteroatoms. The molecule has 2 N–H and O–H groups in total. The highest BCUT2D eigenvalue weighted by atomic mass is 16.5. The summed E-state index contributed by atoms with van der Waals surface area (Å²) in [6.07, 6.45) is 2.02. The van der Waals surface area contributed by atoms with E-state index in [1.54, 1.807) is 24.1 Å². The second-order valence-corrected chi connectivity index (χ2v) is 5.84. The molecule has 0 unspecified atom stereocenters. The van der Waals surface area contributed by atoms with Crippen LogP contribution >= 0.6 is 0 Å². The number of carbonyl (C=O) groups excluding carboxylic acids is 1. The molecule has 0 spiro atoms. The third-order valence-corrected chi connectivity index (χ3v) is 3.62. The Kier molecular flexibility index (Phi) is 6.31. The second-order valence-electron chi connectivity index (χ2n) is 5.84. The van der Waals surface area contributed by atoms with E-state index in [-0.39, 0.29) is 5.91 Å². The number of pyridine rings is 1. The van der Waals surface area contributed by atoms with Crippen LogP contribution in [0.25, 0.3) is 0 Å². The minimum absolute atomic E-state index is 0.0663. The lowest BCUT2D eigenvalue weighted by molar-refractivity contribution is -0.116. The Morgan fingerprint density at radius 1 is 1.38 bits per heavy atom. The lowest BCUT2D eigenvalue weighted by atomic mass is 10.1. The predicted octanol–water partition coefficient (Wildman–Crippen LogP) is 2.07. The fourth-order valence-corrected chi connectivity index (χ4v) is 2.52. The minimum Gasteiger partial charge on any atom is -0.481 e. The Bertz CT molecular complexity index is 667. The zero-order valence-electron chi connectivity index (χ0n) is 14.7. The summed E-state index contributed by atoms with van der Waals surface area (Å²) in [6.45, 7) is 5.38. The van der Waals surface area contributed by atoms with E-state index in [2.05, 4.69) is 34.6 Å². The molecule has 1 amide bonds. The molecule has 2 heterocycles. The van der Waals surface area contributed by atoms with E-state index in [1.165, 1.54) is 0 Å². The molecular formula is C17H25N5O2. The molecule has 24 heavy (non-hydrogen) atoms. The fourth-order valence-electron chi connectivity index (χ4n) is 2.52. The van der Waals surface area contributed by atoms with Crippen molar-refractivity contribution in [3.63, 3.8) is 0 Å². The highest BCUT2D eigenvalue weighted by molar-refractivity contribution is 5.89. The van der Waals surface area contributed by atoms with E-state index in [9.17, 15) is 4.79 Å². The van der Waals surface area contributed by atoms with Crippen molar-refractivity contribution in [2.75, 3.05) is 19.0 Å². The van der Waals surface area contributed by atoms with Gasteiger partial charge in [-0.3, -0.25) is 4.79 Å². The van der Waals surface area contributed by atoms with Gasteiger partial charge < -0.3 is 15.4 Å². The summed E-state index contributed by atoms with van der Waals surface area (Å²) in [5.41, 5.74) is 2.06. The molecule has 0 saturated heterocycles.